The maximum atomic E-state index is 11.1. The molecule has 2 aromatic rings. The lowest BCUT2D eigenvalue weighted by Crippen LogP contribution is -2.33. The number of carbonyl (C=O) groups is 1. The minimum atomic E-state index is -1.02. The van der Waals surface area contributed by atoms with Crippen molar-refractivity contribution in [3.8, 4) is 5.75 Å². The van der Waals surface area contributed by atoms with Crippen LogP contribution < -0.4 is 4.74 Å². The van der Waals surface area contributed by atoms with Gasteiger partial charge in [0.15, 0.2) is 5.69 Å². The number of thiazole rings is 1. The molecule has 7 heteroatoms. The Balaban J connectivity index is 1.40. The molecule has 1 saturated carbocycles. The van der Waals surface area contributed by atoms with Crippen LogP contribution in [0.25, 0.3) is 0 Å². The molecule has 2 heterocycles. The maximum absolute atomic E-state index is 11.1. The van der Waals surface area contributed by atoms with Crippen LogP contribution >= 0.6 is 11.3 Å². The lowest BCUT2D eigenvalue weighted by Gasteiger charge is -2.33. The first kappa shape index (κ1) is 20.3. The number of ether oxygens (including phenoxy) is 2. The van der Waals surface area contributed by atoms with Crippen molar-refractivity contribution in [1.29, 1.82) is 0 Å². The summed E-state index contributed by atoms with van der Waals surface area (Å²) in [6.45, 7) is 6.74. The smallest absolute Gasteiger partial charge is 0.355 e. The van der Waals surface area contributed by atoms with E-state index in [9.17, 15) is 9.90 Å². The van der Waals surface area contributed by atoms with Crippen LogP contribution in [-0.2, 0) is 4.74 Å². The zero-order valence-electron chi connectivity index (χ0n) is 16.9. The fraction of sp³-hybridized carbons (Fsp3) is 0.545. The molecule has 0 unspecified atom stereocenters. The van der Waals surface area contributed by atoms with Gasteiger partial charge in [-0.25, -0.2) is 9.78 Å². The molecule has 1 aliphatic carbocycles. The topological polar surface area (TPSA) is 88.9 Å². The number of carboxylic acid groups (broad SMARTS) is 1. The summed E-state index contributed by atoms with van der Waals surface area (Å²) in [5.74, 6) is 0.109. The van der Waals surface area contributed by atoms with Crippen molar-refractivity contribution >= 4 is 17.3 Å². The Bertz CT molecular complexity index is 887. The first-order valence-electron chi connectivity index (χ1n) is 10.1. The number of hydrogen-bond donors (Lipinski definition) is 2. The van der Waals surface area contributed by atoms with Crippen molar-refractivity contribution in [3.05, 3.63) is 44.9 Å². The van der Waals surface area contributed by atoms with Gasteiger partial charge in [-0.3, -0.25) is 0 Å². The fourth-order valence-corrected chi connectivity index (χ4v) is 5.41. The van der Waals surface area contributed by atoms with E-state index in [2.05, 4.69) is 37.9 Å². The molecule has 0 amide bonds. The van der Waals surface area contributed by atoms with Crippen LogP contribution in [0, 0.1) is 32.6 Å². The maximum Gasteiger partial charge on any atom is 0.355 e. The Morgan fingerprint density at radius 1 is 1.28 bits per heavy atom. The third-order valence-corrected chi connectivity index (χ3v) is 7.39. The van der Waals surface area contributed by atoms with Crippen molar-refractivity contribution in [1.82, 2.24) is 4.98 Å². The highest BCUT2D eigenvalue weighted by molar-refractivity contribution is 7.09. The molecule has 156 valence electrons. The van der Waals surface area contributed by atoms with Crippen molar-refractivity contribution in [3.63, 3.8) is 0 Å². The van der Waals surface area contributed by atoms with Gasteiger partial charge < -0.3 is 19.7 Å². The molecule has 0 bridgehead atoms. The second kappa shape index (κ2) is 8.05. The number of nitrogens with zero attached hydrogens (tertiary/aromatic N) is 1. The highest BCUT2D eigenvalue weighted by Gasteiger charge is 2.47. The number of aromatic carboxylic acids is 1. The Hall–Kier alpha value is -1.96. The van der Waals surface area contributed by atoms with E-state index < -0.39 is 12.1 Å². The third-order valence-electron chi connectivity index (χ3n) is 6.46. The van der Waals surface area contributed by atoms with Crippen LogP contribution in [-0.4, -0.2) is 40.0 Å². The van der Waals surface area contributed by atoms with E-state index in [4.69, 9.17) is 14.6 Å². The Kier molecular flexibility index (Phi) is 5.64. The summed E-state index contributed by atoms with van der Waals surface area (Å²) in [6.07, 6.45) is 1.58. The van der Waals surface area contributed by atoms with Gasteiger partial charge in [-0.05, 0) is 68.4 Å². The van der Waals surface area contributed by atoms with Gasteiger partial charge in [-0.1, -0.05) is 0 Å². The number of aliphatic hydroxyl groups excluding tert-OH is 1. The van der Waals surface area contributed by atoms with Crippen molar-refractivity contribution in [2.45, 2.75) is 58.3 Å². The second-order valence-corrected chi connectivity index (χ2v) is 9.13. The number of rotatable bonds is 5. The van der Waals surface area contributed by atoms with Gasteiger partial charge in [0.05, 0.1) is 18.8 Å². The molecule has 2 fully saturated rings. The predicted octanol–water partition coefficient (Wildman–Crippen LogP) is 4.06. The largest absolute Gasteiger partial charge is 0.493 e. The first-order valence-corrected chi connectivity index (χ1v) is 10.9. The monoisotopic (exact) mass is 417 g/mol. The molecule has 4 rings (SSSR count). The number of hydrogen-bond acceptors (Lipinski definition) is 6. The van der Waals surface area contributed by atoms with Gasteiger partial charge in [0.25, 0.3) is 0 Å². The van der Waals surface area contributed by atoms with Crippen molar-refractivity contribution in [2.24, 2.45) is 11.8 Å². The summed E-state index contributed by atoms with van der Waals surface area (Å²) >= 11 is 1.33. The minimum Gasteiger partial charge on any atom is -0.493 e. The summed E-state index contributed by atoms with van der Waals surface area (Å²) in [4.78, 5) is 15.3. The summed E-state index contributed by atoms with van der Waals surface area (Å²) in [6, 6.07) is 4.11. The molecule has 29 heavy (non-hydrogen) atoms. The molecule has 1 saturated heterocycles. The van der Waals surface area contributed by atoms with E-state index in [0.717, 1.165) is 18.6 Å². The molecule has 0 radical (unpaired) electrons. The van der Waals surface area contributed by atoms with Gasteiger partial charge >= 0.3 is 5.97 Å². The summed E-state index contributed by atoms with van der Waals surface area (Å²) in [5.41, 5.74) is 3.76. The van der Waals surface area contributed by atoms with E-state index >= 15 is 0 Å². The van der Waals surface area contributed by atoms with Crippen molar-refractivity contribution < 1.29 is 24.5 Å². The standard InChI is InChI=1S/C22H27NO5S/c1-11-6-14(7-12(2)13(11)3)27-9-16-15-4-5-19(28-20(15)8-18(16)24)21-23-17(10-29-21)22(25)26/h6-7,10,15-16,18-20,24H,4-5,8-9H2,1-3H3,(H,25,26)/t15-,16-,18-,19-,20+/m1/s1. The quantitative estimate of drug-likeness (QED) is 0.763. The zero-order valence-corrected chi connectivity index (χ0v) is 17.7. The molecule has 5 atom stereocenters. The highest BCUT2D eigenvalue weighted by Crippen LogP contribution is 2.46. The molecule has 1 aromatic carbocycles. The molecule has 1 aromatic heterocycles. The van der Waals surface area contributed by atoms with Crippen LogP contribution in [0.1, 0.15) is 57.6 Å². The lowest BCUT2D eigenvalue weighted by molar-refractivity contribution is -0.0811. The Labute approximate surface area is 174 Å². The predicted molar refractivity (Wildman–Crippen MR) is 110 cm³/mol. The van der Waals surface area contributed by atoms with Crippen LogP contribution in [0.15, 0.2) is 17.5 Å². The van der Waals surface area contributed by atoms with Crippen LogP contribution in [0.2, 0.25) is 0 Å². The number of benzene rings is 1. The van der Waals surface area contributed by atoms with E-state index in [-0.39, 0.29) is 29.7 Å². The number of aryl methyl sites for hydroxylation is 2. The van der Waals surface area contributed by atoms with Gasteiger partial charge in [0.2, 0.25) is 0 Å². The summed E-state index contributed by atoms with van der Waals surface area (Å²) in [5, 5.41) is 22.0. The van der Waals surface area contributed by atoms with Gasteiger partial charge in [-0.15, -0.1) is 11.3 Å². The normalized spacial score (nSPS) is 28.9. The number of aromatic nitrogens is 1. The van der Waals surface area contributed by atoms with Crippen LogP contribution in [0.4, 0.5) is 0 Å². The van der Waals surface area contributed by atoms with Crippen LogP contribution in [0.5, 0.6) is 5.75 Å². The molecule has 6 nitrogen and oxygen atoms in total. The average molecular weight is 418 g/mol. The summed E-state index contributed by atoms with van der Waals surface area (Å²) in [7, 11) is 0. The minimum absolute atomic E-state index is 0.0359. The molecular formula is C22H27NO5S. The highest BCUT2D eigenvalue weighted by atomic mass is 32.1. The Morgan fingerprint density at radius 2 is 2.00 bits per heavy atom. The van der Waals surface area contributed by atoms with E-state index in [0.29, 0.717) is 18.0 Å². The van der Waals surface area contributed by atoms with Crippen LogP contribution in [0.3, 0.4) is 0 Å². The lowest BCUT2D eigenvalue weighted by atomic mass is 9.87. The number of carboxylic acids is 1. The SMILES string of the molecule is Cc1cc(OC[C@@H]2[C@H]3CC[C@H](c4nc(C(=O)O)cs4)O[C@H]3C[C@H]2O)cc(C)c1C. The number of aliphatic hydroxyl groups is 1. The van der Waals surface area contributed by atoms with Crippen molar-refractivity contribution in [2.75, 3.05) is 6.61 Å². The third kappa shape index (κ3) is 4.04. The van der Waals surface area contributed by atoms with Gasteiger partial charge in [-0.2, -0.15) is 0 Å². The molecule has 2 N–H and O–H groups in total. The molecule has 0 spiro atoms. The number of fused-ring (bicyclic) bond motifs is 1. The molecule has 1 aliphatic heterocycles. The zero-order chi connectivity index (χ0) is 20.7. The molecular weight excluding hydrogens is 390 g/mol. The van der Waals surface area contributed by atoms with E-state index in [1.165, 1.54) is 28.0 Å². The molecule has 2 aliphatic rings. The average Bonchev–Trinajstić information content (AvgIpc) is 3.28. The Morgan fingerprint density at radius 3 is 2.66 bits per heavy atom. The van der Waals surface area contributed by atoms with Gasteiger partial charge in [0.1, 0.15) is 16.9 Å². The summed E-state index contributed by atoms with van der Waals surface area (Å²) < 4.78 is 12.3. The second-order valence-electron chi connectivity index (χ2n) is 8.24. The van der Waals surface area contributed by atoms with E-state index in [1.807, 2.05) is 0 Å². The fourth-order valence-electron chi connectivity index (χ4n) is 4.55. The first-order chi connectivity index (χ1) is 13.8. The van der Waals surface area contributed by atoms with E-state index in [1.54, 1.807) is 5.38 Å². The van der Waals surface area contributed by atoms with Gasteiger partial charge in [0, 0.05) is 17.7 Å².